The second-order valence-corrected chi connectivity index (χ2v) is 4.87. The molecule has 0 bridgehead atoms. The highest BCUT2D eigenvalue weighted by atomic mass is 16.5. The molecule has 6 heteroatoms. The first-order chi connectivity index (χ1) is 10.1. The fourth-order valence-corrected chi connectivity index (χ4v) is 2.08. The van der Waals surface area contributed by atoms with Crippen molar-refractivity contribution in [1.82, 2.24) is 5.32 Å². The Morgan fingerprint density at radius 2 is 2.29 bits per heavy atom. The number of benzene rings is 1. The molecular weight excluding hydrogens is 274 g/mol. The monoisotopic (exact) mass is 293 g/mol. The molecule has 1 saturated heterocycles. The Hall–Kier alpha value is -2.08. The average molecular weight is 293 g/mol. The number of nitrogens with one attached hydrogen (secondary N) is 1. The van der Waals surface area contributed by atoms with Crippen LogP contribution >= 0.6 is 0 Å². The van der Waals surface area contributed by atoms with Gasteiger partial charge in [0.05, 0.1) is 12.5 Å². The summed E-state index contributed by atoms with van der Waals surface area (Å²) in [7, 11) is 0. The van der Waals surface area contributed by atoms with Crippen molar-refractivity contribution in [2.75, 3.05) is 19.8 Å². The van der Waals surface area contributed by atoms with Crippen LogP contribution in [0, 0.1) is 0 Å². The molecule has 1 aliphatic rings. The number of amides is 1. The Kier molecular flexibility index (Phi) is 5.57. The lowest BCUT2D eigenvalue weighted by Crippen LogP contribution is -2.26. The van der Waals surface area contributed by atoms with E-state index in [1.54, 1.807) is 24.3 Å². The van der Waals surface area contributed by atoms with Crippen molar-refractivity contribution in [1.29, 1.82) is 0 Å². The second kappa shape index (κ2) is 7.64. The molecule has 1 atom stereocenters. The molecule has 2 rings (SSSR count). The van der Waals surface area contributed by atoms with Gasteiger partial charge in [-0.2, -0.15) is 0 Å². The van der Waals surface area contributed by atoms with Crippen molar-refractivity contribution in [3.63, 3.8) is 0 Å². The Morgan fingerprint density at radius 1 is 1.43 bits per heavy atom. The Bertz CT molecular complexity index is 497. The van der Waals surface area contributed by atoms with E-state index in [0.717, 1.165) is 19.4 Å². The second-order valence-electron chi connectivity index (χ2n) is 4.87. The first-order valence-corrected chi connectivity index (χ1v) is 6.99. The lowest BCUT2D eigenvalue weighted by molar-refractivity contribution is -0.136. The number of rotatable bonds is 7. The Balaban J connectivity index is 1.84. The van der Waals surface area contributed by atoms with Crippen molar-refractivity contribution in [2.45, 2.75) is 25.4 Å². The van der Waals surface area contributed by atoms with E-state index < -0.39 is 5.97 Å². The molecule has 1 heterocycles. The van der Waals surface area contributed by atoms with Gasteiger partial charge in [0.15, 0.2) is 0 Å². The number of aliphatic carboxylic acids is 1. The summed E-state index contributed by atoms with van der Waals surface area (Å²) in [5.41, 5.74) is 0.449. The minimum absolute atomic E-state index is 0.0963. The minimum Gasteiger partial charge on any atom is -0.491 e. The first kappa shape index (κ1) is 15.3. The van der Waals surface area contributed by atoms with Crippen LogP contribution in [0.2, 0.25) is 0 Å². The van der Waals surface area contributed by atoms with E-state index in [4.69, 9.17) is 14.6 Å². The highest BCUT2D eigenvalue weighted by Crippen LogP contribution is 2.17. The van der Waals surface area contributed by atoms with E-state index in [2.05, 4.69) is 5.32 Å². The third-order valence-corrected chi connectivity index (χ3v) is 3.18. The van der Waals surface area contributed by atoms with Gasteiger partial charge in [0.25, 0.3) is 5.91 Å². The summed E-state index contributed by atoms with van der Waals surface area (Å²) in [4.78, 5) is 22.3. The summed E-state index contributed by atoms with van der Waals surface area (Å²) in [5.74, 6) is -0.640. The summed E-state index contributed by atoms with van der Waals surface area (Å²) >= 11 is 0. The average Bonchev–Trinajstić information content (AvgIpc) is 2.98. The lowest BCUT2D eigenvalue weighted by Gasteiger charge is -2.12. The van der Waals surface area contributed by atoms with E-state index in [9.17, 15) is 9.59 Å². The maximum absolute atomic E-state index is 11.9. The van der Waals surface area contributed by atoms with Gasteiger partial charge in [0.2, 0.25) is 0 Å². The summed E-state index contributed by atoms with van der Waals surface area (Å²) in [5, 5.41) is 11.1. The van der Waals surface area contributed by atoms with Gasteiger partial charge in [-0.15, -0.1) is 0 Å². The lowest BCUT2D eigenvalue weighted by atomic mass is 10.2. The normalized spacial score (nSPS) is 17.4. The number of carbonyl (C=O) groups excluding carboxylic acids is 1. The van der Waals surface area contributed by atoms with Crippen molar-refractivity contribution < 1.29 is 24.2 Å². The number of ether oxygens (including phenoxy) is 2. The molecule has 1 aromatic rings. The SMILES string of the molecule is O=C(O)CCNC(=O)c1cccc(OCC2CCCO2)c1. The van der Waals surface area contributed by atoms with Crippen LogP contribution in [-0.2, 0) is 9.53 Å². The largest absolute Gasteiger partial charge is 0.491 e. The topological polar surface area (TPSA) is 84.9 Å². The predicted molar refractivity (Wildman–Crippen MR) is 75.5 cm³/mol. The molecule has 114 valence electrons. The van der Waals surface area contributed by atoms with Crippen LogP contribution in [0.4, 0.5) is 0 Å². The third kappa shape index (κ3) is 5.07. The number of carboxylic acid groups (broad SMARTS) is 1. The summed E-state index contributed by atoms with van der Waals surface area (Å²) in [6.07, 6.45) is 2.08. The van der Waals surface area contributed by atoms with Gasteiger partial charge >= 0.3 is 5.97 Å². The highest BCUT2D eigenvalue weighted by molar-refractivity contribution is 5.94. The van der Waals surface area contributed by atoms with Crippen molar-refractivity contribution >= 4 is 11.9 Å². The molecule has 0 aromatic heterocycles. The van der Waals surface area contributed by atoms with Crippen LogP contribution in [0.5, 0.6) is 5.75 Å². The zero-order chi connectivity index (χ0) is 15.1. The number of hydrogen-bond donors (Lipinski definition) is 2. The molecule has 1 aromatic carbocycles. The van der Waals surface area contributed by atoms with E-state index in [1.165, 1.54) is 0 Å². The third-order valence-electron chi connectivity index (χ3n) is 3.18. The van der Waals surface area contributed by atoms with Gasteiger partial charge in [-0.3, -0.25) is 9.59 Å². The van der Waals surface area contributed by atoms with Gasteiger partial charge in [0, 0.05) is 18.7 Å². The van der Waals surface area contributed by atoms with Crippen molar-refractivity contribution in [2.24, 2.45) is 0 Å². The van der Waals surface area contributed by atoms with Crippen molar-refractivity contribution in [3.8, 4) is 5.75 Å². The van der Waals surface area contributed by atoms with Gasteiger partial charge in [0.1, 0.15) is 12.4 Å². The Morgan fingerprint density at radius 3 is 3.00 bits per heavy atom. The number of carbonyl (C=O) groups is 2. The van der Waals surface area contributed by atoms with Crippen LogP contribution < -0.4 is 10.1 Å². The minimum atomic E-state index is -0.941. The molecule has 0 radical (unpaired) electrons. The molecule has 6 nitrogen and oxygen atoms in total. The number of carboxylic acids is 1. The molecule has 1 amide bonds. The van der Waals surface area contributed by atoms with Gasteiger partial charge in [-0.1, -0.05) is 6.07 Å². The molecule has 1 aliphatic heterocycles. The highest BCUT2D eigenvalue weighted by Gasteiger charge is 2.16. The van der Waals surface area contributed by atoms with Crippen LogP contribution in [0.1, 0.15) is 29.6 Å². The van der Waals surface area contributed by atoms with E-state index in [-0.39, 0.29) is 25.0 Å². The van der Waals surface area contributed by atoms with E-state index >= 15 is 0 Å². The van der Waals surface area contributed by atoms with Crippen molar-refractivity contribution in [3.05, 3.63) is 29.8 Å². The quantitative estimate of drug-likeness (QED) is 0.795. The molecule has 21 heavy (non-hydrogen) atoms. The molecule has 0 aliphatic carbocycles. The van der Waals surface area contributed by atoms with Crippen LogP contribution in [0.25, 0.3) is 0 Å². The Labute approximate surface area is 123 Å². The summed E-state index contributed by atoms with van der Waals surface area (Å²) in [6, 6.07) is 6.82. The molecule has 2 N–H and O–H groups in total. The zero-order valence-electron chi connectivity index (χ0n) is 11.7. The van der Waals surface area contributed by atoms with Crippen LogP contribution in [-0.4, -0.2) is 42.8 Å². The van der Waals surface area contributed by atoms with Gasteiger partial charge in [-0.05, 0) is 31.0 Å². The fourth-order valence-electron chi connectivity index (χ4n) is 2.08. The number of hydrogen-bond acceptors (Lipinski definition) is 4. The van der Waals surface area contributed by atoms with Gasteiger partial charge < -0.3 is 19.9 Å². The first-order valence-electron chi connectivity index (χ1n) is 6.99. The maximum Gasteiger partial charge on any atom is 0.305 e. The van der Waals surface area contributed by atoms with Crippen LogP contribution in [0.3, 0.4) is 0 Å². The molecule has 0 spiro atoms. The fraction of sp³-hybridized carbons (Fsp3) is 0.467. The van der Waals surface area contributed by atoms with E-state index in [0.29, 0.717) is 17.9 Å². The molecule has 1 unspecified atom stereocenters. The predicted octanol–water partition coefficient (Wildman–Crippen LogP) is 1.45. The molecular formula is C15H19NO5. The van der Waals surface area contributed by atoms with Gasteiger partial charge in [-0.25, -0.2) is 0 Å². The van der Waals surface area contributed by atoms with Crippen LogP contribution in [0.15, 0.2) is 24.3 Å². The standard InChI is InChI=1S/C15H19NO5/c17-14(18)6-7-16-15(19)11-3-1-4-12(9-11)21-10-13-5-2-8-20-13/h1,3-4,9,13H,2,5-8,10H2,(H,16,19)(H,17,18). The smallest absolute Gasteiger partial charge is 0.305 e. The summed E-state index contributed by atoms with van der Waals surface area (Å²) in [6.45, 7) is 1.36. The molecule has 0 saturated carbocycles. The summed E-state index contributed by atoms with van der Waals surface area (Å²) < 4.78 is 11.1. The van der Waals surface area contributed by atoms with E-state index in [1.807, 2.05) is 0 Å². The molecule has 1 fully saturated rings. The maximum atomic E-state index is 11.9. The zero-order valence-corrected chi connectivity index (χ0v) is 11.7.